The smallest absolute Gasteiger partial charge is 0.364 e. The summed E-state index contributed by atoms with van der Waals surface area (Å²) in [4.78, 5) is 24.6. The maximum absolute atomic E-state index is 12.5. The van der Waals surface area contributed by atoms with Crippen LogP contribution in [0.4, 0.5) is 0 Å². The van der Waals surface area contributed by atoms with Crippen LogP contribution < -0.4 is 10.3 Å². The molecule has 0 saturated heterocycles. The first kappa shape index (κ1) is 16.8. The van der Waals surface area contributed by atoms with Gasteiger partial charge in [-0.05, 0) is 12.1 Å². The van der Waals surface area contributed by atoms with Gasteiger partial charge in [-0.1, -0.05) is 53.0 Å². The van der Waals surface area contributed by atoms with E-state index in [-0.39, 0.29) is 32.1 Å². The first-order chi connectivity index (χ1) is 11.4. The quantitative estimate of drug-likeness (QED) is 0.379. The number of halogens is 3. The van der Waals surface area contributed by atoms with E-state index in [1.807, 2.05) is 0 Å². The van der Waals surface area contributed by atoms with E-state index < -0.39 is 5.97 Å². The molecule has 0 spiro atoms. The Hall–Kier alpha value is -2.08. The van der Waals surface area contributed by atoms with Crippen molar-refractivity contribution in [2.75, 3.05) is 0 Å². The van der Waals surface area contributed by atoms with Crippen molar-refractivity contribution in [3.8, 4) is 5.75 Å². The number of carbonyl (C=O) groups is 1. The second kappa shape index (κ2) is 6.43. The summed E-state index contributed by atoms with van der Waals surface area (Å²) in [6, 6.07) is 9.36. The first-order valence-corrected chi connectivity index (χ1v) is 7.84. The molecule has 2 aromatic carbocycles. The van der Waals surface area contributed by atoms with Crippen LogP contribution in [0.1, 0.15) is 10.5 Å². The fraction of sp³-hybridized carbons (Fsp3) is 0.0625. The first-order valence-electron chi connectivity index (χ1n) is 6.71. The maximum atomic E-state index is 12.5. The molecule has 0 amide bonds. The third-order valence-electron chi connectivity index (χ3n) is 3.33. The summed E-state index contributed by atoms with van der Waals surface area (Å²) in [5.41, 5.74) is -0.315. The molecule has 1 aromatic heterocycles. The lowest BCUT2D eigenvalue weighted by molar-refractivity contribution is 0.0728. The molecule has 8 heteroatoms. The van der Waals surface area contributed by atoms with Gasteiger partial charge >= 0.3 is 5.97 Å². The highest BCUT2D eigenvalue weighted by atomic mass is 35.5. The Balaban J connectivity index is 2.09. The second-order valence-corrected chi connectivity index (χ2v) is 6.13. The van der Waals surface area contributed by atoms with Gasteiger partial charge in [-0.15, -0.1) is 0 Å². The molecule has 5 nitrogen and oxygen atoms in total. The van der Waals surface area contributed by atoms with Crippen LogP contribution in [0.2, 0.25) is 15.1 Å². The van der Waals surface area contributed by atoms with Gasteiger partial charge in [0, 0.05) is 18.5 Å². The van der Waals surface area contributed by atoms with Gasteiger partial charge in [0.2, 0.25) is 0 Å². The summed E-state index contributed by atoms with van der Waals surface area (Å²) in [7, 11) is 1.46. The number of hydrogen-bond donors (Lipinski definition) is 0. The van der Waals surface area contributed by atoms with Crippen LogP contribution in [0.3, 0.4) is 0 Å². The van der Waals surface area contributed by atoms with E-state index in [0.29, 0.717) is 10.8 Å². The van der Waals surface area contributed by atoms with Gasteiger partial charge in [0.1, 0.15) is 0 Å². The van der Waals surface area contributed by atoms with Crippen LogP contribution in [0.5, 0.6) is 5.75 Å². The number of hydrogen-bond acceptors (Lipinski definition) is 4. The van der Waals surface area contributed by atoms with Crippen molar-refractivity contribution in [1.82, 2.24) is 9.78 Å². The number of carbonyl (C=O) groups excluding carboxylic acids is 1. The van der Waals surface area contributed by atoms with Crippen LogP contribution in [0.25, 0.3) is 10.8 Å². The zero-order chi connectivity index (χ0) is 17.4. The Morgan fingerprint density at radius 3 is 2.38 bits per heavy atom. The molecule has 0 saturated carbocycles. The Labute approximate surface area is 151 Å². The lowest BCUT2D eigenvalue weighted by Gasteiger charge is -2.10. The average Bonchev–Trinajstić information content (AvgIpc) is 2.56. The molecule has 0 radical (unpaired) electrons. The lowest BCUT2D eigenvalue weighted by atomic mass is 10.1. The molecule has 0 fully saturated rings. The Morgan fingerprint density at radius 2 is 1.67 bits per heavy atom. The van der Waals surface area contributed by atoms with Gasteiger partial charge in [0.25, 0.3) is 5.56 Å². The topological polar surface area (TPSA) is 61.2 Å². The Kier molecular flexibility index (Phi) is 4.49. The molecule has 0 aliphatic carbocycles. The van der Waals surface area contributed by atoms with Crippen LogP contribution in [0, 0.1) is 0 Å². The molecular weight excluding hydrogens is 375 g/mol. The minimum absolute atomic E-state index is 0.00478. The predicted octanol–water partition coefficient (Wildman–Crippen LogP) is 4.11. The molecule has 0 unspecified atom stereocenters. The number of fused-ring (bicyclic) bond motifs is 1. The number of aromatic nitrogens is 2. The van der Waals surface area contributed by atoms with Crippen molar-refractivity contribution in [2.45, 2.75) is 0 Å². The number of nitrogens with zero attached hydrogens (tertiary/aromatic N) is 2. The lowest BCUT2D eigenvalue weighted by Crippen LogP contribution is -2.24. The zero-order valence-electron chi connectivity index (χ0n) is 12.2. The van der Waals surface area contributed by atoms with Crippen molar-refractivity contribution in [1.29, 1.82) is 0 Å². The SMILES string of the molecule is Cn1nc(C(=O)Oc2cc(Cl)c(Cl)cc2Cl)c2ccccc2c1=O. The van der Waals surface area contributed by atoms with E-state index in [0.717, 1.165) is 4.68 Å². The Bertz CT molecular complexity index is 1030. The number of rotatable bonds is 2. The number of ether oxygens (including phenoxy) is 1. The molecular formula is C16H9Cl3N2O3. The van der Waals surface area contributed by atoms with Crippen molar-refractivity contribution in [3.63, 3.8) is 0 Å². The minimum atomic E-state index is -0.762. The van der Waals surface area contributed by atoms with Crippen LogP contribution >= 0.6 is 34.8 Å². The van der Waals surface area contributed by atoms with Gasteiger partial charge in [0.15, 0.2) is 11.4 Å². The Morgan fingerprint density at radius 1 is 1.04 bits per heavy atom. The molecule has 0 aliphatic rings. The standard InChI is InChI=1S/C16H9Cl3N2O3/c1-21-15(22)9-5-3-2-4-8(9)14(20-21)16(23)24-13-7-11(18)10(17)6-12(13)19/h2-7H,1H3. The molecule has 0 aliphatic heterocycles. The molecule has 0 N–H and O–H groups in total. The van der Waals surface area contributed by atoms with E-state index in [9.17, 15) is 9.59 Å². The minimum Gasteiger partial charge on any atom is -0.420 e. The fourth-order valence-electron chi connectivity index (χ4n) is 2.18. The van der Waals surface area contributed by atoms with Crippen molar-refractivity contribution in [2.24, 2.45) is 7.05 Å². The fourth-order valence-corrected chi connectivity index (χ4v) is 2.76. The van der Waals surface area contributed by atoms with Crippen molar-refractivity contribution < 1.29 is 9.53 Å². The van der Waals surface area contributed by atoms with E-state index in [2.05, 4.69) is 5.10 Å². The van der Waals surface area contributed by atoms with Crippen molar-refractivity contribution >= 4 is 51.5 Å². The van der Waals surface area contributed by atoms with Crippen LogP contribution in [-0.4, -0.2) is 15.7 Å². The van der Waals surface area contributed by atoms with Gasteiger partial charge in [-0.2, -0.15) is 5.10 Å². The van der Waals surface area contributed by atoms with E-state index in [1.54, 1.807) is 24.3 Å². The van der Waals surface area contributed by atoms with E-state index >= 15 is 0 Å². The van der Waals surface area contributed by atoms with Crippen LogP contribution in [0.15, 0.2) is 41.2 Å². The molecule has 1 heterocycles. The van der Waals surface area contributed by atoms with Gasteiger partial charge in [-0.3, -0.25) is 4.79 Å². The molecule has 3 rings (SSSR count). The van der Waals surface area contributed by atoms with E-state index in [4.69, 9.17) is 39.5 Å². The number of esters is 1. The molecule has 0 bridgehead atoms. The van der Waals surface area contributed by atoms with Crippen molar-refractivity contribution in [3.05, 3.63) is 67.5 Å². The predicted molar refractivity (Wildman–Crippen MR) is 93.4 cm³/mol. The zero-order valence-corrected chi connectivity index (χ0v) is 14.5. The average molecular weight is 384 g/mol. The summed E-state index contributed by atoms with van der Waals surface area (Å²) < 4.78 is 6.36. The van der Waals surface area contributed by atoms with Gasteiger partial charge in [0.05, 0.1) is 20.5 Å². The third-order valence-corrected chi connectivity index (χ3v) is 4.34. The third kappa shape index (κ3) is 2.98. The summed E-state index contributed by atoms with van der Waals surface area (Å²) in [6.07, 6.45) is 0. The van der Waals surface area contributed by atoms with Gasteiger partial charge in [-0.25, -0.2) is 9.48 Å². The highest BCUT2D eigenvalue weighted by Gasteiger charge is 2.19. The second-order valence-electron chi connectivity index (χ2n) is 4.91. The van der Waals surface area contributed by atoms with Crippen LogP contribution in [-0.2, 0) is 7.05 Å². The number of aryl methyl sites for hydroxylation is 1. The molecule has 24 heavy (non-hydrogen) atoms. The molecule has 0 atom stereocenters. The van der Waals surface area contributed by atoms with Gasteiger partial charge < -0.3 is 4.74 Å². The summed E-state index contributed by atoms with van der Waals surface area (Å²) in [5.74, 6) is -0.710. The summed E-state index contributed by atoms with van der Waals surface area (Å²) in [5, 5.41) is 5.32. The monoisotopic (exact) mass is 382 g/mol. The largest absolute Gasteiger partial charge is 0.420 e. The molecule has 3 aromatic rings. The van der Waals surface area contributed by atoms with E-state index in [1.165, 1.54) is 19.2 Å². The highest BCUT2D eigenvalue weighted by Crippen LogP contribution is 2.34. The maximum Gasteiger partial charge on any atom is 0.364 e. The highest BCUT2D eigenvalue weighted by molar-refractivity contribution is 6.43. The number of benzene rings is 2. The summed E-state index contributed by atoms with van der Waals surface area (Å²) >= 11 is 17.8. The molecule has 122 valence electrons. The normalized spacial score (nSPS) is 10.8. The summed E-state index contributed by atoms with van der Waals surface area (Å²) in [6.45, 7) is 0.